The van der Waals surface area contributed by atoms with E-state index in [1.165, 1.54) is 5.56 Å². The Bertz CT molecular complexity index is 1740. The molecular formula is C39H40Cl2N2O4. The topological polar surface area (TPSA) is 75.7 Å². The molecule has 0 unspecified atom stereocenters. The van der Waals surface area contributed by atoms with Crippen molar-refractivity contribution in [2.45, 2.75) is 65.7 Å². The van der Waals surface area contributed by atoms with Gasteiger partial charge in [0.05, 0.1) is 0 Å². The van der Waals surface area contributed by atoms with Crippen molar-refractivity contribution in [3.63, 3.8) is 0 Å². The molecular weight excluding hydrogens is 631 g/mol. The molecule has 1 aliphatic heterocycles. The quantitative estimate of drug-likeness (QED) is 0.259. The number of Topliss-reactive ketones (excluding diaryl/α,β-unsaturated/α-hetero) is 2. The number of benzene rings is 3. The zero-order valence-corrected chi connectivity index (χ0v) is 28.8. The van der Waals surface area contributed by atoms with Crippen molar-refractivity contribution in [1.82, 2.24) is 4.90 Å². The van der Waals surface area contributed by atoms with E-state index in [2.05, 4.69) is 50.0 Å². The molecule has 0 aromatic heterocycles. The van der Waals surface area contributed by atoms with Crippen molar-refractivity contribution in [2.75, 3.05) is 18.5 Å². The van der Waals surface area contributed by atoms with Gasteiger partial charge in [0.2, 0.25) is 0 Å². The number of ether oxygens (including phenoxy) is 1. The number of nitrogens with one attached hydrogen (secondary N) is 1. The summed E-state index contributed by atoms with van der Waals surface area (Å²) in [6.07, 6.45) is 2.92. The van der Waals surface area contributed by atoms with E-state index in [4.69, 9.17) is 27.9 Å². The lowest BCUT2D eigenvalue weighted by Gasteiger charge is -2.49. The van der Waals surface area contributed by atoms with Crippen LogP contribution in [0.5, 0.6) is 5.75 Å². The first-order chi connectivity index (χ1) is 22.3. The number of halogens is 2. The summed E-state index contributed by atoms with van der Waals surface area (Å²) in [5.41, 5.74) is 5.16. The minimum absolute atomic E-state index is 0.0292. The van der Waals surface area contributed by atoms with E-state index in [9.17, 15) is 14.4 Å². The van der Waals surface area contributed by atoms with Gasteiger partial charge in [0.15, 0.2) is 18.2 Å². The summed E-state index contributed by atoms with van der Waals surface area (Å²) in [5.74, 6) is -0.525. The minimum Gasteiger partial charge on any atom is -0.483 e. The third-order valence-electron chi connectivity index (χ3n) is 9.26. The van der Waals surface area contributed by atoms with Crippen LogP contribution in [0.4, 0.5) is 5.69 Å². The van der Waals surface area contributed by atoms with Crippen molar-refractivity contribution >= 4 is 46.4 Å². The molecule has 6 nitrogen and oxygen atoms in total. The first-order valence-electron chi connectivity index (χ1n) is 16.1. The number of nitrogens with zero attached hydrogens (tertiary/aromatic N) is 1. The number of hydrogen-bond donors (Lipinski definition) is 1. The van der Waals surface area contributed by atoms with Gasteiger partial charge in [-0.25, -0.2) is 0 Å². The number of amides is 1. The maximum atomic E-state index is 14.3. The summed E-state index contributed by atoms with van der Waals surface area (Å²) in [6.45, 7) is 8.91. The van der Waals surface area contributed by atoms with Crippen molar-refractivity contribution in [3.8, 4) is 5.75 Å². The zero-order chi connectivity index (χ0) is 33.5. The number of allylic oxidation sites excluding steroid dienone is 4. The molecule has 0 radical (unpaired) electrons. The third kappa shape index (κ3) is 7.19. The molecule has 0 fully saturated rings. The smallest absolute Gasteiger partial charge is 0.262 e. The van der Waals surface area contributed by atoms with E-state index in [0.29, 0.717) is 70.4 Å². The number of carbonyl (C=O) groups is 3. The van der Waals surface area contributed by atoms with Crippen LogP contribution in [0.15, 0.2) is 95.3 Å². The summed E-state index contributed by atoms with van der Waals surface area (Å²) in [4.78, 5) is 43.8. The van der Waals surface area contributed by atoms with E-state index in [-0.39, 0.29) is 34.9 Å². The van der Waals surface area contributed by atoms with Crippen LogP contribution >= 0.6 is 23.2 Å². The predicted octanol–water partition coefficient (Wildman–Crippen LogP) is 8.94. The van der Waals surface area contributed by atoms with Gasteiger partial charge in [-0.1, -0.05) is 81.2 Å². The largest absolute Gasteiger partial charge is 0.483 e. The zero-order valence-electron chi connectivity index (χ0n) is 27.3. The van der Waals surface area contributed by atoms with Gasteiger partial charge in [-0.05, 0) is 78.1 Å². The van der Waals surface area contributed by atoms with E-state index in [1.54, 1.807) is 42.5 Å². The fourth-order valence-electron chi connectivity index (χ4n) is 7.26. The summed E-state index contributed by atoms with van der Waals surface area (Å²) in [5, 5.41) is 3.85. The second-order valence-corrected chi connectivity index (χ2v) is 15.3. The normalized spacial score (nSPS) is 19.0. The highest BCUT2D eigenvalue weighted by Crippen LogP contribution is 2.55. The third-order valence-corrected chi connectivity index (χ3v) is 9.75. The first-order valence-corrected chi connectivity index (χ1v) is 16.9. The Morgan fingerprint density at radius 1 is 0.809 bits per heavy atom. The molecule has 0 spiro atoms. The SMILES string of the molecule is CC1(C)CC(=O)C2=C(C1)N(CCc1ccccc1)C1=C(C(=O)CC(C)(C)C1)C2c1cc(Cl)ccc1OCC(=O)Nc1ccc(Cl)cc1. The van der Waals surface area contributed by atoms with Crippen LogP contribution in [0.3, 0.4) is 0 Å². The van der Waals surface area contributed by atoms with Crippen LogP contribution in [0.25, 0.3) is 0 Å². The monoisotopic (exact) mass is 670 g/mol. The van der Waals surface area contributed by atoms with Crippen LogP contribution in [-0.2, 0) is 20.8 Å². The van der Waals surface area contributed by atoms with Crippen molar-refractivity contribution in [3.05, 3.63) is 117 Å². The number of carbonyl (C=O) groups excluding carboxylic acids is 3. The summed E-state index contributed by atoms with van der Waals surface area (Å²) >= 11 is 12.6. The Morgan fingerprint density at radius 3 is 1.98 bits per heavy atom. The summed E-state index contributed by atoms with van der Waals surface area (Å²) in [7, 11) is 0. The van der Waals surface area contributed by atoms with Crippen LogP contribution in [-0.4, -0.2) is 35.5 Å². The van der Waals surface area contributed by atoms with Gasteiger partial charge >= 0.3 is 0 Å². The molecule has 47 heavy (non-hydrogen) atoms. The molecule has 2 aliphatic carbocycles. The maximum absolute atomic E-state index is 14.3. The average Bonchev–Trinajstić information content (AvgIpc) is 2.99. The molecule has 0 bridgehead atoms. The highest BCUT2D eigenvalue weighted by atomic mass is 35.5. The predicted molar refractivity (Wildman–Crippen MR) is 187 cm³/mol. The minimum atomic E-state index is -0.645. The molecule has 3 aromatic carbocycles. The summed E-state index contributed by atoms with van der Waals surface area (Å²) in [6, 6.07) is 22.3. The molecule has 0 atom stereocenters. The van der Waals surface area contributed by atoms with Gasteiger partial charge in [-0.2, -0.15) is 0 Å². The molecule has 244 valence electrons. The average molecular weight is 672 g/mol. The van der Waals surface area contributed by atoms with Gasteiger partial charge in [0.25, 0.3) is 5.91 Å². The van der Waals surface area contributed by atoms with Crippen LogP contribution in [0, 0.1) is 10.8 Å². The fourth-order valence-corrected chi connectivity index (χ4v) is 7.57. The summed E-state index contributed by atoms with van der Waals surface area (Å²) < 4.78 is 6.17. The molecule has 3 aromatic rings. The maximum Gasteiger partial charge on any atom is 0.262 e. The molecule has 8 heteroatoms. The molecule has 1 heterocycles. The Hall–Kier alpha value is -3.87. The van der Waals surface area contributed by atoms with E-state index in [1.807, 2.05) is 18.2 Å². The number of rotatable bonds is 8. The van der Waals surface area contributed by atoms with Crippen LogP contribution in [0.1, 0.15) is 70.4 Å². The fraction of sp³-hybridized carbons (Fsp3) is 0.359. The number of hydrogen-bond acceptors (Lipinski definition) is 5. The lowest BCUT2D eigenvalue weighted by molar-refractivity contribution is -0.120. The van der Waals surface area contributed by atoms with Crippen molar-refractivity contribution in [1.29, 1.82) is 0 Å². The van der Waals surface area contributed by atoms with Gasteiger partial charge < -0.3 is 15.0 Å². The first kappa shape index (κ1) is 33.0. The highest BCUT2D eigenvalue weighted by molar-refractivity contribution is 6.31. The highest BCUT2D eigenvalue weighted by Gasteiger charge is 2.49. The van der Waals surface area contributed by atoms with Crippen molar-refractivity contribution < 1.29 is 19.1 Å². The van der Waals surface area contributed by atoms with Gasteiger partial charge in [0.1, 0.15) is 5.75 Å². The number of anilines is 1. The molecule has 3 aliphatic rings. The lowest BCUT2D eigenvalue weighted by Crippen LogP contribution is -2.45. The molecule has 0 saturated carbocycles. The molecule has 1 amide bonds. The Kier molecular flexibility index (Phi) is 9.12. The Balaban J connectivity index is 1.43. The standard InChI is InChI=1S/C39H40Cl2N2O4/c1-38(2)19-29-36(31(44)21-38)35(28-18-26(41)12-15-33(28)47-23-34(46)42-27-13-10-25(40)11-14-27)37-30(20-39(3,4)22-32(37)45)43(29)17-16-24-8-6-5-7-9-24/h5-15,18,35H,16-17,19-23H2,1-4H3,(H,42,46). The van der Waals surface area contributed by atoms with E-state index in [0.717, 1.165) is 17.8 Å². The molecule has 0 saturated heterocycles. The molecule has 1 N–H and O–H groups in total. The second-order valence-electron chi connectivity index (χ2n) is 14.4. The van der Waals surface area contributed by atoms with E-state index >= 15 is 0 Å². The second kappa shape index (κ2) is 13.0. The van der Waals surface area contributed by atoms with Gasteiger partial charge in [-0.15, -0.1) is 0 Å². The Labute approximate surface area is 286 Å². The van der Waals surface area contributed by atoms with Crippen molar-refractivity contribution in [2.24, 2.45) is 10.8 Å². The molecule has 6 rings (SSSR count). The lowest BCUT2D eigenvalue weighted by atomic mass is 9.63. The van der Waals surface area contributed by atoms with Gasteiger partial charge in [0, 0.05) is 69.1 Å². The number of ketones is 2. The van der Waals surface area contributed by atoms with Gasteiger partial charge in [-0.3, -0.25) is 14.4 Å². The van der Waals surface area contributed by atoms with Crippen LogP contribution < -0.4 is 10.1 Å². The Morgan fingerprint density at radius 2 is 1.38 bits per heavy atom. The van der Waals surface area contributed by atoms with E-state index < -0.39 is 5.92 Å². The van der Waals surface area contributed by atoms with Crippen LogP contribution in [0.2, 0.25) is 10.0 Å².